The lowest BCUT2D eigenvalue weighted by molar-refractivity contribution is 0.414. The van der Waals surface area contributed by atoms with Gasteiger partial charge in [0.15, 0.2) is 0 Å². The van der Waals surface area contributed by atoms with Gasteiger partial charge < -0.3 is 10.5 Å². The van der Waals surface area contributed by atoms with Crippen molar-refractivity contribution in [2.75, 3.05) is 7.11 Å². The third-order valence-electron chi connectivity index (χ3n) is 2.83. The van der Waals surface area contributed by atoms with Gasteiger partial charge in [-0.15, -0.1) is 0 Å². The number of halogens is 3. The largest absolute Gasteiger partial charge is 0.495 e. The van der Waals surface area contributed by atoms with Crippen molar-refractivity contribution in [2.45, 2.75) is 6.04 Å². The van der Waals surface area contributed by atoms with E-state index in [0.29, 0.717) is 21.4 Å². The summed E-state index contributed by atoms with van der Waals surface area (Å²) in [4.78, 5) is 0. The van der Waals surface area contributed by atoms with Crippen molar-refractivity contribution >= 4 is 23.2 Å². The van der Waals surface area contributed by atoms with Crippen molar-refractivity contribution in [3.8, 4) is 5.75 Å². The van der Waals surface area contributed by atoms with E-state index in [1.165, 1.54) is 19.2 Å². The minimum absolute atomic E-state index is 0.293. The van der Waals surface area contributed by atoms with Crippen LogP contribution in [0.1, 0.15) is 17.2 Å². The molecule has 0 spiro atoms. The molecule has 0 radical (unpaired) electrons. The van der Waals surface area contributed by atoms with Gasteiger partial charge in [-0.05, 0) is 35.4 Å². The van der Waals surface area contributed by atoms with E-state index in [1.54, 1.807) is 24.3 Å². The van der Waals surface area contributed by atoms with Crippen molar-refractivity contribution in [1.82, 2.24) is 0 Å². The molecule has 0 bridgehead atoms. The van der Waals surface area contributed by atoms with E-state index in [9.17, 15) is 4.39 Å². The lowest BCUT2D eigenvalue weighted by Gasteiger charge is -2.15. The fourth-order valence-electron chi connectivity index (χ4n) is 1.80. The average Bonchev–Trinajstić information content (AvgIpc) is 2.38. The molecule has 0 aromatic heterocycles. The highest BCUT2D eigenvalue weighted by molar-refractivity contribution is 6.32. The minimum Gasteiger partial charge on any atom is -0.495 e. The summed E-state index contributed by atoms with van der Waals surface area (Å²) in [6.45, 7) is 0. The second-order valence-electron chi connectivity index (χ2n) is 4.04. The highest BCUT2D eigenvalue weighted by Crippen LogP contribution is 2.32. The molecule has 0 amide bonds. The molecule has 1 unspecified atom stereocenters. The van der Waals surface area contributed by atoms with Gasteiger partial charge in [-0.3, -0.25) is 0 Å². The van der Waals surface area contributed by atoms with Crippen LogP contribution in [0.5, 0.6) is 5.75 Å². The summed E-state index contributed by atoms with van der Waals surface area (Å²) in [5.74, 6) is 0.141. The molecule has 0 heterocycles. The molecule has 19 heavy (non-hydrogen) atoms. The predicted octanol–water partition coefficient (Wildman–Crippen LogP) is 4.19. The van der Waals surface area contributed by atoms with Crippen LogP contribution in [-0.4, -0.2) is 7.11 Å². The maximum absolute atomic E-state index is 13.0. The van der Waals surface area contributed by atoms with Crippen LogP contribution in [0.3, 0.4) is 0 Å². The molecule has 2 aromatic rings. The Morgan fingerprint density at radius 3 is 2.47 bits per heavy atom. The number of benzene rings is 2. The second kappa shape index (κ2) is 5.78. The maximum Gasteiger partial charge on any atom is 0.137 e. The van der Waals surface area contributed by atoms with Crippen molar-refractivity contribution in [3.63, 3.8) is 0 Å². The van der Waals surface area contributed by atoms with Crippen LogP contribution in [0.2, 0.25) is 10.0 Å². The van der Waals surface area contributed by atoms with Gasteiger partial charge in [0.25, 0.3) is 0 Å². The quantitative estimate of drug-likeness (QED) is 0.922. The third kappa shape index (κ3) is 3.00. The molecular formula is C14H12Cl2FNO. The summed E-state index contributed by atoms with van der Waals surface area (Å²) in [5.41, 5.74) is 7.57. The van der Waals surface area contributed by atoms with E-state index in [4.69, 9.17) is 33.7 Å². The van der Waals surface area contributed by atoms with Gasteiger partial charge in [0, 0.05) is 5.02 Å². The first-order valence-corrected chi connectivity index (χ1v) is 6.32. The predicted molar refractivity (Wildman–Crippen MR) is 75.4 cm³/mol. The molecule has 2 nitrogen and oxygen atoms in total. The van der Waals surface area contributed by atoms with Gasteiger partial charge in [-0.25, -0.2) is 4.39 Å². The molecule has 100 valence electrons. The molecule has 0 aliphatic heterocycles. The van der Waals surface area contributed by atoms with Gasteiger partial charge in [-0.1, -0.05) is 35.3 Å². The van der Waals surface area contributed by atoms with E-state index < -0.39 is 11.9 Å². The van der Waals surface area contributed by atoms with E-state index >= 15 is 0 Å². The maximum atomic E-state index is 13.0. The Kier molecular flexibility index (Phi) is 4.30. The fraction of sp³-hybridized carbons (Fsp3) is 0.143. The van der Waals surface area contributed by atoms with Gasteiger partial charge in [-0.2, -0.15) is 0 Å². The molecule has 0 fully saturated rings. The van der Waals surface area contributed by atoms with Gasteiger partial charge in [0.1, 0.15) is 11.6 Å². The van der Waals surface area contributed by atoms with Crippen LogP contribution in [-0.2, 0) is 0 Å². The average molecular weight is 300 g/mol. The summed E-state index contributed by atoms with van der Waals surface area (Å²) in [6.07, 6.45) is 0. The normalized spacial score (nSPS) is 12.3. The Hall–Kier alpha value is -1.29. The molecule has 0 saturated carbocycles. The standard InChI is InChI=1S/C14H12Cl2FNO/c1-19-13-6-8(2-5-11(13)15)14(18)10-4-3-9(17)7-12(10)16/h2-7,14H,18H2,1H3. The summed E-state index contributed by atoms with van der Waals surface area (Å²) < 4.78 is 18.2. The van der Waals surface area contributed by atoms with Crippen LogP contribution < -0.4 is 10.5 Å². The molecule has 1 atom stereocenters. The first kappa shape index (κ1) is 14.1. The Balaban J connectivity index is 2.40. The summed E-state index contributed by atoms with van der Waals surface area (Å²) in [6, 6.07) is 8.90. The number of hydrogen-bond donors (Lipinski definition) is 1. The first-order chi connectivity index (χ1) is 9.02. The van der Waals surface area contributed by atoms with Gasteiger partial charge >= 0.3 is 0 Å². The van der Waals surface area contributed by atoms with E-state index in [2.05, 4.69) is 0 Å². The summed E-state index contributed by atoms with van der Waals surface area (Å²) >= 11 is 12.0. The Morgan fingerprint density at radius 2 is 1.84 bits per heavy atom. The Labute approximate surface area is 120 Å². The number of rotatable bonds is 3. The zero-order valence-corrected chi connectivity index (χ0v) is 11.7. The van der Waals surface area contributed by atoms with Crippen molar-refractivity contribution in [1.29, 1.82) is 0 Å². The summed E-state index contributed by atoms with van der Waals surface area (Å²) in [5, 5.41) is 0.796. The SMILES string of the molecule is COc1cc(C(N)c2ccc(F)cc2Cl)ccc1Cl. The van der Waals surface area contributed by atoms with Crippen molar-refractivity contribution in [3.05, 3.63) is 63.4 Å². The zero-order valence-electron chi connectivity index (χ0n) is 10.2. The van der Waals surface area contributed by atoms with E-state index in [0.717, 1.165) is 5.56 Å². The number of hydrogen-bond acceptors (Lipinski definition) is 2. The molecule has 0 aliphatic rings. The molecule has 5 heteroatoms. The molecule has 0 saturated heterocycles. The molecule has 2 N–H and O–H groups in total. The smallest absolute Gasteiger partial charge is 0.137 e. The molecule has 0 aliphatic carbocycles. The van der Waals surface area contributed by atoms with Crippen LogP contribution in [0, 0.1) is 5.82 Å². The third-order valence-corrected chi connectivity index (χ3v) is 3.47. The van der Waals surface area contributed by atoms with E-state index in [1.807, 2.05) is 0 Å². The zero-order chi connectivity index (χ0) is 14.0. The first-order valence-electron chi connectivity index (χ1n) is 5.57. The second-order valence-corrected chi connectivity index (χ2v) is 4.85. The Morgan fingerprint density at radius 1 is 1.11 bits per heavy atom. The molecular weight excluding hydrogens is 288 g/mol. The topological polar surface area (TPSA) is 35.2 Å². The minimum atomic E-state index is -0.473. The number of ether oxygens (including phenoxy) is 1. The van der Waals surface area contributed by atoms with Crippen LogP contribution >= 0.6 is 23.2 Å². The van der Waals surface area contributed by atoms with Gasteiger partial charge in [0.05, 0.1) is 18.2 Å². The molecule has 2 rings (SSSR count). The summed E-state index contributed by atoms with van der Waals surface area (Å²) in [7, 11) is 1.53. The van der Waals surface area contributed by atoms with Gasteiger partial charge in [0.2, 0.25) is 0 Å². The number of nitrogens with two attached hydrogens (primary N) is 1. The molecule has 2 aromatic carbocycles. The van der Waals surface area contributed by atoms with E-state index in [-0.39, 0.29) is 0 Å². The van der Waals surface area contributed by atoms with Crippen molar-refractivity contribution < 1.29 is 9.13 Å². The van der Waals surface area contributed by atoms with Crippen molar-refractivity contribution in [2.24, 2.45) is 5.73 Å². The van der Waals surface area contributed by atoms with Crippen LogP contribution in [0.15, 0.2) is 36.4 Å². The lowest BCUT2D eigenvalue weighted by atomic mass is 9.99. The highest BCUT2D eigenvalue weighted by Gasteiger charge is 2.14. The highest BCUT2D eigenvalue weighted by atomic mass is 35.5. The number of methoxy groups -OCH3 is 1. The fourth-order valence-corrected chi connectivity index (χ4v) is 2.28. The Bertz CT molecular complexity index is 604. The van der Waals surface area contributed by atoms with Crippen LogP contribution in [0.4, 0.5) is 4.39 Å². The lowest BCUT2D eigenvalue weighted by Crippen LogP contribution is -2.12. The van der Waals surface area contributed by atoms with Crippen LogP contribution in [0.25, 0.3) is 0 Å². The monoisotopic (exact) mass is 299 g/mol.